The van der Waals surface area contributed by atoms with Gasteiger partial charge in [-0.2, -0.15) is 0 Å². The Hall–Kier alpha value is -2.11. The van der Waals surface area contributed by atoms with Gasteiger partial charge in [-0.05, 0) is 44.9 Å². The Bertz CT molecular complexity index is 896. The molecule has 1 unspecified atom stereocenters. The van der Waals surface area contributed by atoms with Crippen molar-refractivity contribution in [3.05, 3.63) is 24.3 Å². The Labute approximate surface area is 341 Å². The molecule has 0 aromatic carbocycles. The largest absolute Gasteiger partial charge is 0.462 e. The number of rotatable bonds is 43. The van der Waals surface area contributed by atoms with E-state index in [0.29, 0.717) is 19.3 Å². The maximum Gasteiger partial charge on any atom is 0.306 e. The van der Waals surface area contributed by atoms with Crippen molar-refractivity contribution in [2.45, 2.75) is 258 Å². The second-order valence-corrected chi connectivity index (χ2v) is 16.0. The van der Waals surface area contributed by atoms with E-state index >= 15 is 0 Å². The van der Waals surface area contributed by atoms with Gasteiger partial charge in [-0.25, -0.2) is 0 Å². The maximum absolute atomic E-state index is 12.7. The highest BCUT2D eigenvalue weighted by molar-refractivity contribution is 5.71. The van der Waals surface area contributed by atoms with Crippen molar-refractivity contribution in [1.29, 1.82) is 0 Å². The van der Waals surface area contributed by atoms with Crippen LogP contribution >= 0.6 is 0 Å². The molecule has 1 atom stereocenters. The van der Waals surface area contributed by atoms with E-state index in [4.69, 9.17) is 14.2 Å². The molecule has 0 aliphatic rings. The van der Waals surface area contributed by atoms with Crippen LogP contribution in [0, 0.1) is 0 Å². The van der Waals surface area contributed by atoms with Crippen molar-refractivity contribution in [2.75, 3.05) is 13.2 Å². The molecule has 0 aromatic rings. The van der Waals surface area contributed by atoms with Gasteiger partial charge in [-0.3, -0.25) is 14.4 Å². The number of allylic oxidation sites excluding steroid dienone is 4. The predicted octanol–water partition coefficient (Wildman–Crippen LogP) is 15.2. The number of hydrogen-bond donors (Lipinski definition) is 0. The van der Waals surface area contributed by atoms with Crippen LogP contribution in [0.2, 0.25) is 0 Å². The molecule has 0 aromatic heterocycles. The van der Waals surface area contributed by atoms with Gasteiger partial charge in [-0.15, -0.1) is 0 Å². The molecule has 0 saturated carbocycles. The summed E-state index contributed by atoms with van der Waals surface area (Å²) in [4.78, 5) is 37.7. The standard InChI is InChI=1S/C49H90O6/c1-4-7-10-13-16-19-21-23-25-27-28-30-33-36-39-42-48(51)54-45-46(44-53-47(50)41-38-35-32-18-15-12-9-6-3)55-49(52)43-40-37-34-31-29-26-24-22-20-17-14-11-8-5-2/h14,17,22,24,46H,4-13,15-16,18-21,23,25-45H2,1-3H3/b17-14-,24-22-. The normalized spacial score (nSPS) is 12.1. The molecular formula is C49H90O6. The highest BCUT2D eigenvalue weighted by atomic mass is 16.6. The minimum atomic E-state index is -0.770. The Balaban J connectivity index is 4.31. The Morgan fingerprint density at radius 2 is 0.673 bits per heavy atom. The molecule has 0 heterocycles. The number of hydrogen-bond acceptors (Lipinski definition) is 6. The van der Waals surface area contributed by atoms with Crippen LogP contribution in [-0.2, 0) is 28.6 Å². The molecule has 0 N–H and O–H groups in total. The number of ether oxygens (including phenoxy) is 3. The quantitative estimate of drug-likeness (QED) is 0.0266. The van der Waals surface area contributed by atoms with Gasteiger partial charge in [0, 0.05) is 19.3 Å². The van der Waals surface area contributed by atoms with Crippen molar-refractivity contribution in [2.24, 2.45) is 0 Å². The van der Waals surface area contributed by atoms with Crippen LogP contribution in [0.15, 0.2) is 24.3 Å². The van der Waals surface area contributed by atoms with Gasteiger partial charge in [0.2, 0.25) is 0 Å². The minimum absolute atomic E-state index is 0.0730. The molecule has 6 nitrogen and oxygen atoms in total. The Kier molecular flexibility index (Phi) is 42.9. The molecule has 0 radical (unpaired) electrons. The number of unbranched alkanes of at least 4 members (excludes halogenated alkanes) is 28. The predicted molar refractivity (Wildman–Crippen MR) is 233 cm³/mol. The molecule has 322 valence electrons. The van der Waals surface area contributed by atoms with Crippen molar-refractivity contribution in [1.82, 2.24) is 0 Å². The van der Waals surface area contributed by atoms with Crippen LogP contribution in [0.1, 0.15) is 252 Å². The van der Waals surface area contributed by atoms with E-state index in [0.717, 1.165) is 83.5 Å². The first-order valence-corrected chi connectivity index (χ1v) is 23.8. The minimum Gasteiger partial charge on any atom is -0.462 e. The molecular weight excluding hydrogens is 685 g/mol. The monoisotopic (exact) mass is 775 g/mol. The first-order valence-electron chi connectivity index (χ1n) is 23.8. The summed E-state index contributed by atoms with van der Waals surface area (Å²) in [7, 11) is 0. The van der Waals surface area contributed by atoms with Crippen LogP contribution in [0.25, 0.3) is 0 Å². The van der Waals surface area contributed by atoms with Gasteiger partial charge in [0.1, 0.15) is 13.2 Å². The number of esters is 3. The molecule has 0 fully saturated rings. The highest BCUT2D eigenvalue weighted by Crippen LogP contribution is 2.15. The summed E-state index contributed by atoms with van der Waals surface area (Å²) in [5.74, 6) is -0.883. The second kappa shape index (κ2) is 44.6. The zero-order chi connectivity index (χ0) is 40.1. The fourth-order valence-corrected chi connectivity index (χ4v) is 6.81. The molecule has 55 heavy (non-hydrogen) atoms. The zero-order valence-corrected chi connectivity index (χ0v) is 36.7. The third-order valence-electron chi connectivity index (χ3n) is 10.5. The summed E-state index contributed by atoms with van der Waals surface area (Å²) in [6.45, 7) is 6.57. The van der Waals surface area contributed by atoms with E-state index in [1.807, 2.05) is 0 Å². The molecule has 0 rings (SSSR count). The molecule has 0 spiro atoms. The Morgan fingerprint density at radius 1 is 0.364 bits per heavy atom. The SMILES string of the molecule is CCCC/C=C\C/C=C\CCCCCCCC(=O)OC(COC(=O)CCCCCCCCCC)COC(=O)CCCCCCCCCCCCCCCCC. The van der Waals surface area contributed by atoms with Crippen LogP contribution in [0.4, 0.5) is 0 Å². The van der Waals surface area contributed by atoms with E-state index in [1.54, 1.807) is 0 Å². The van der Waals surface area contributed by atoms with Crippen molar-refractivity contribution in [3.63, 3.8) is 0 Å². The van der Waals surface area contributed by atoms with Crippen LogP contribution in [-0.4, -0.2) is 37.2 Å². The molecule has 0 amide bonds. The fourth-order valence-electron chi connectivity index (χ4n) is 6.81. The summed E-state index contributed by atoms with van der Waals surface area (Å²) in [5.41, 5.74) is 0. The topological polar surface area (TPSA) is 78.9 Å². The van der Waals surface area contributed by atoms with Crippen LogP contribution in [0.3, 0.4) is 0 Å². The van der Waals surface area contributed by atoms with Crippen molar-refractivity contribution < 1.29 is 28.6 Å². The summed E-state index contributed by atoms with van der Waals surface area (Å²) in [5, 5.41) is 0. The van der Waals surface area contributed by atoms with Gasteiger partial charge < -0.3 is 14.2 Å². The lowest BCUT2D eigenvalue weighted by atomic mass is 10.0. The third kappa shape index (κ3) is 42.9. The van der Waals surface area contributed by atoms with E-state index in [9.17, 15) is 14.4 Å². The molecule has 6 heteroatoms. The lowest BCUT2D eigenvalue weighted by Crippen LogP contribution is -2.30. The summed E-state index contributed by atoms with van der Waals surface area (Å²) >= 11 is 0. The van der Waals surface area contributed by atoms with E-state index in [-0.39, 0.29) is 31.1 Å². The molecule has 0 aliphatic heterocycles. The molecule has 0 bridgehead atoms. The average Bonchev–Trinajstić information content (AvgIpc) is 3.18. The Morgan fingerprint density at radius 3 is 1.05 bits per heavy atom. The second-order valence-electron chi connectivity index (χ2n) is 16.0. The fraction of sp³-hybridized carbons (Fsp3) is 0.857. The first-order chi connectivity index (χ1) is 27.0. The number of carbonyl (C=O) groups is 3. The summed E-state index contributed by atoms with van der Waals surface area (Å²) in [6, 6.07) is 0. The van der Waals surface area contributed by atoms with Gasteiger partial charge in [-0.1, -0.05) is 212 Å². The summed E-state index contributed by atoms with van der Waals surface area (Å²) < 4.78 is 16.7. The average molecular weight is 775 g/mol. The smallest absolute Gasteiger partial charge is 0.306 e. The third-order valence-corrected chi connectivity index (χ3v) is 10.5. The van der Waals surface area contributed by atoms with E-state index < -0.39 is 6.10 Å². The summed E-state index contributed by atoms with van der Waals surface area (Å²) in [6.07, 6.45) is 48.8. The number of carbonyl (C=O) groups excluding carboxylic acids is 3. The first kappa shape index (κ1) is 52.9. The van der Waals surface area contributed by atoms with Gasteiger partial charge in [0.15, 0.2) is 6.10 Å². The van der Waals surface area contributed by atoms with Crippen LogP contribution < -0.4 is 0 Å². The van der Waals surface area contributed by atoms with Crippen LogP contribution in [0.5, 0.6) is 0 Å². The molecule has 0 saturated heterocycles. The molecule has 0 aliphatic carbocycles. The van der Waals surface area contributed by atoms with Gasteiger partial charge >= 0.3 is 17.9 Å². The van der Waals surface area contributed by atoms with Crippen molar-refractivity contribution in [3.8, 4) is 0 Å². The van der Waals surface area contributed by atoms with Gasteiger partial charge in [0.05, 0.1) is 0 Å². The van der Waals surface area contributed by atoms with E-state index in [2.05, 4.69) is 45.1 Å². The highest BCUT2D eigenvalue weighted by Gasteiger charge is 2.19. The lowest BCUT2D eigenvalue weighted by Gasteiger charge is -2.18. The van der Waals surface area contributed by atoms with Gasteiger partial charge in [0.25, 0.3) is 0 Å². The maximum atomic E-state index is 12.7. The van der Waals surface area contributed by atoms with Crippen molar-refractivity contribution >= 4 is 17.9 Å². The lowest BCUT2D eigenvalue weighted by molar-refractivity contribution is -0.167. The van der Waals surface area contributed by atoms with E-state index in [1.165, 1.54) is 128 Å². The zero-order valence-electron chi connectivity index (χ0n) is 36.7.